The van der Waals surface area contributed by atoms with Crippen molar-refractivity contribution in [2.75, 3.05) is 20.3 Å². The van der Waals surface area contributed by atoms with Crippen LogP contribution in [0.25, 0.3) is 11.1 Å². The van der Waals surface area contributed by atoms with E-state index in [-0.39, 0.29) is 24.8 Å². The molecule has 0 unspecified atom stereocenters. The van der Waals surface area contributed by atoms with E-state index >= 15 is 0 Å². The summed E-state index contributed by atoms with van der Waals surface area (Å²) in [5.74, 6) is 5.20. The number of carbonyl (C=O) groups is 1. The third kappa shape index (κ3) is 3.85. The van der Waals surface area contributed by atoms with Crippen LogP contribution in [0.2, 0.25) is 0 Å². The lowest BCUT2D eigenvalue weighted by atomic mass is 9.98. The summed E-state index contributed by atoms with van der Waals surface area (Å²) in [5, 5.41) is 2.61. The predicted octanol–water partition coefficient (Wildman–Crippen LogP) is 4.72. The van der Waals surface area contributed by atoms with E-state index in [4.69, 9.17) is 9.47 Å². The van der Waals surface area contributed by atoms with Crippen LogP contribution < -0.4 is 10.1 Å². The fourth-order valence-electron chi connectivity index (χ4n) is 3.72. The average molecular weight is 401 g/mol. The molecule has 4 rings (SSSR count). The van der Waals surface area contributed by atoms with Crippen molar-refractivity contribution in [3.05, 3.63) is 89.2 Å². The molecule has 1 aliphatic rings. The Morgan fingerprint density at radius 3 is 2.33 bits per heavy atom. The summed E-state index contributed by atoms with van der Waals surface area (Å²) in [4.78, 5) is 12.1. The number of methoxy groups -OCH3 is 1. The monoisotopic (exact) mass is 401 g/mol. The van der Waals surface area contributed by atoms with Crippen LogP contribution in [0, 0.1) is 17.7 Å². The van der Waals surface area contributed by atoms with Gasteiger partial charge in [0.25, 0.3) is 0 Å². The highest BCUT2D eigenvalue weighted by Crippen LogP contribution is 2.44. The van der Waals surface area contributed by atoms with Gasteiger partial charge in [-0.2, -0.15) is 0 Å². The van der Waals surface area contributed by atoms with E-state index < -0.39 is 11.9 Å². The minimum Gasteiger partial charge on any atom is -0.492 e. The molecular formula is C25H20FNO3. The molecule has 1 amide bonds. The van der Waals surface area contributed by atoms with Gasteiger partial charge >= 0.3 is 6.09 Å². The predicted molar refractivity (Wildman–Crippen MR) is 113 cm³/mol. The first-order valence-corrected chi connectivity index (χ1v) is 9.59. The molecule has 0 spiro atoms. The summed E-state index contributed by atoms with van der Waals surface area (Å²) in [7, 11) is 1.39. The Bertz CT molecular complexity index is 1100. The normalized spacial score (nSPS) is 11.7. The molecule has 0 radical (unpaired) electrons. The van der Waals surface area contributed by atoms with Gasteiger partial charge in [-0.1, -0.05) is 66.4 Å². The number of para-hydroxylation sites is 1. The Morgan fingerprint density at radius 1 is 1.00 bits per heavy atom. The minimum absolute atomic E-state index is 0.00536. The van der Waals surface area contributed by atoms with Gasteiger partial charge < -0.3 is 14.8 Å². The van der Waals surface area contributed by atoms with Crippen molar-refractivity contribution in [2.24, 2.45) is 0 Å². The van der Waals surface area contributed by atoms with Crippen molar-refractivity contribution in [3.63, 3.8) is 0 Å². The zero-order valence-electron chi connectivity index (χ0n) is 16.4. The van der Waals surface area contributed by atoms with E-state index in [2.05, 4.69) is 41.4 Å². The van der Waals surface area contributed by atoms with Crippen LogP contribution >= 0.6 is 0 Å². The second-order valence-electron chi connectivity index (χ2n) is 6.80. The summed E-state index contributed by atoms with van der Waals surface area (Å²) in [6, 6.07) is 20.8. The molecule has 150 valence electrons. The molecule has 0 heterocycles. The summed E-state index contributed by atoms with van der Waals surface area (Å²) in [6.07, 6.45) is -0.544. The Morgan fingerprint density at radius 2 is 1.67 bits per heavy atom. The van der Waals surface area contributed by atoms with Crippen molar-refractivity contribution < 1.29 is 18.7 Å². The van der Waals surface area contributed by atoms with Gasteiger partial charge in [-0.05, 0) is 34.4 Å². The van der Waals surface area contributed by atoms with E-state index in [1.807, 2.05) is 24.3 Å². The number of amides is 1. The van der Waals surface area contributed by atoms with Gasteiger partial charge in [0.2, 0.25) is 0 Å². The number of halogens is 1. The van der Waals surface area contributed by atoms with Gasteiger partial charge in [-0.15, -0.1) is 0 Å². The maximum absolute atomic E-state index is 13.7. The molecule has 4 nitrogen and oxygen atoms in total. The molecule has 0 saturated carbocycles. The Kier molecular flexibility index (Phi) is 5.67. The number of hydrogen-bond acceptors (Lipinski definition) is 3. The fourth-order valence-corrected chi connectivity index (χ4v) is 3.72. The number of nitrogens with one attached hydrogen (secondary N) is 1. The van der Waals surface area contributed by atoms with Crippen LogP contribution in [0.3, 0.4) is 0 Å². The molecule has 1 aliphatic carbocycles. The number of rotatable bonds is 4. The first-order valence-electron chi connectivity index (χ1n) is 9.59. The molecule has 0 atom stereocenters. The zero-order valence-corrected chi connectivity index (χ0v) is 16.4. The van der Waals surface area contributed by atoms with Crippen molar-refractivity contribution in [1.82, 2.24) is 5.32 Å². The topological polar surface area (TPSA) is 47.6 Å². The van der Waals surface area contributed by atoms with Crippen LogP contribution in [0.4, 0.5) is 9.18 Å². The molecule has 0 aromatic heterocycles. The van der Waals surface area contributed by atoms with Crippen molar-refractivity contribution in [2.45, 2.75) is 5.92 Å². The van der Waals surface area contributed by atoms with E-state index in [1.165, 1.54) is 24.3 Å². The van der Waals surface area contributed by atoms with E-state index in [9.17, 15) is 9.18 Å². The third-order valence-corrected chi connectivity index (χ3v) is 5.06. The molecule has 1 N–H and O–H groups in total. The molecule has 3 aromatic carbocycles. The Balaban J connectivity index is 1.36. The Hall–Kier alpha value is -3.78. The molecule has 0 aliphatic heterocycles. The second-order valence-corrected chi connectivity index (χ2v) is 6.80. The van der Waals surface area contributed by atoms with Crippen LogP contribution in [0.1, 0.15) is 22.6 Å². The molecular weight excluding hydrogens is 381 g/mol. The fraction of sp³-hybridized carbons (Fsp3) is 0.160. The summed E-state index contributed by atoms with van der Waals surface area (Å²) in [5.41, 5.74) is 5.09. The van der Waals surface area contributed by atoms with E-state index in [0.29, 0.717) is 5.56 Å². The van der Waals surface area contributed by atoms with Gasteiger partial charge in [-0.25, -0.2) is 9.18 Å². The van der Waals surface area contributed by atoms with Gasteiger partial charge in [-0.3, -0.25) is 0 Å². The molecule has 5 heteroatoms. The Labute approximate surface area is 174 Å². The maximum Gasteiger partial charge on any atom is 0.407 e. The quantitative estimate of drug-likeness (QED) is 0.644. The van der Waals surface area contributed by atoms with Crippen LogP contribution in [0.5, 0.6) is 5.75 Å². The number of carbonyl (C=O) groups excluding carboxylic acids is 1. The summed E-state index contributed by atoms with van der Waals surface area (Å²) < 4.78 is 24.1. The number of ether oxygens (including phenoxy) is 2. The van der Waals surface area contributed by atoms with Crippen molar-refractivity contribution in [1.29, 1.82) is 0 Å². The second kappa shape index (κ2) is 8.71. The lowest BCUT2D eigenvalue weighted by Crippen LogP contribution is -2.26. The van der Waals surface area contributed by atoms with Crippen LogP contribution in [-0.2, 0) is 4.74 Å². The first-order chi connectivity index (χ1) is 14.7. The maximum atomic E-state index is 13.7. The third-order valence-electron chi connectivity index (χ3n) is 5.06. The highest BCUT2D eigenvalue weighted by Gasteiger charge is 2.28. The first kappa shape index (κ1) is 19.5. The molecule has 0 fully saturated rings. The smallest absolute Gasteiger partial charge is 0.407 e. The number of fused-ring (bicyclic) bond motifs is 3. The van der Waals surface area contributed by atoms with Crippen molar-refractivity contribution in [3.8, 4) is 28.7 Å². The lowest BCUT2D eigenvalue weighted by Gasteiger charge is -2.14. The standard InChI is InChI=1S/C25H20FNO3/c1-29-24-17(8-6-14-23(24)26)9-7-15-27-25(28)30-16-22-20-12-4-2-10-18(20)19-11-3-5-13-21(19)22/h2-6,8,10-14,22H,15-16H2,1H3,(H,27,28). The summed E-state index contributed by atoms with van der Waals surface area (Å²) >= 11 is 0. The molecule has 0 bridgehead atoms. The minimum atomic E-state index is -0.544. The summed E-state index contributed by atoms with van der Waals surface area (Å²) in [6.45, 7) is 0.321. The number of hydrogen-bond donors (Lipinski definition) is 1. The largest absolute Gasteiger partial charge is 0.492 e. The van der Waals surface area contributed by atoms with Crippen molar-refractivity contribution >= 4 is 6.09 Å². The highest BCUT2D eigenvalue weighted by atomic mass is 19.1. The SMILES string of the molecule is COc1c(F)cccc1C#CCNC(=O)OCC1c2ccccc2-c2ccccc21. The molecule has 30 heavy (non-hydrogen) atoms. The van der Waals surface area contributed by atoms with Crippen LogP contribution in [-0.4, -0.2) is 26.4 Å². The van der Waals surface area contributed by atoms with E-state index in [1.54, 1.807) is 12.1 Å². The van der Waals surface area contributed by atoms with Gasteiger partial charge in [0.05, 0.1) is 19.2 Å². The molecule has 0 saturated heterocycles. The van der Waals surface area contributed by atoms with Gasteiger partial charge in [0, 0.05) is 5.92 Å². The number of benzene rings is 3. The zero-order chi connectivity index (χ0) is 20.9. The van der Waals surface area contributed by atoms with Gasteiger partial charge in [0.15, 0.2) is 11.6 Å². The lowest BCUT2D eigenvalue weighted by molar-refractivity contribution is 0.144. The van der Waals surface area contributed by atoms with Gasteiger partial charge in [0.1, 0.15) is 6.61 Å². The van der Waals surface area contributed by atoms with E-state index in [0.717, 1.165) is 11.1 Å². The highest BCUT2D eigenvalue weighted by molar-refractivity contribution is 5.79. The average Bonchev–Trinajstić information content (AvgIpc) is 3.09. The van der Waals surface area contributed by atoms with Crippen LogP contribution in [0.15, 0.2) is 66.7 Å². The number of alkyl carbamates (subject to hydrolysis) is 1. The molecule has 3 aromatic rings.